The lowest BCUT2D eigenvalue weighted by molar-refractivity contribution is -0.133. The van der Waals surface area contributed by atoms with Crippen LogP contribution in [0.3, 0.4) is 0 Å². The Bertz CT molecular complexity index is 1330. The maximum Gasteiger partial charge on any atom is 0.280 e. The molecule has 4 aromatic rings. The van der Waals surface area contributed by atoms with Crippen molar-refractivity contribution in [2.75, 3.05) is 13.1 Å². The van der Waals surface area contributed by atoms with Crippen molar-refractivity contribution < 1.29 is 4.79 Å². The number of hydrogen-bond acceptors (Lipinski definition) is 4. The van der Waals surface area contributed by atoms with E-state index in [1.54, 1.807) is 16.8 Å². The van der Waals surface area contributed by atoms with Crippen LogP contribution < -0.4 is 5.56 Å². The predicted molar refractivity (Wildman–Crippen MR) is 123 cm³/mol. The fourth-order valence-electron chi connectivity index (χ4n) is 4.22. The van der Waals surface area contributed by atoms with E-state index in [1.807, 2.05) is 53.0 Å². The fourth-order valence-corrected chi connectivity index (χ4v) is 4.34. The molecule has 8 nitrogen and oxygen atoms in total. The van der Waals surface area contributed by atoms with Gasteiger partial charge in [-0.1, -0.05) is 11.6 Å². The number of piperidine rings is 1. The highest BCUT2D eigenvalue weighted by atomic mass is 35.5. The molecule has 9 heteroatoms. The zero-order valence-electron chi connectivity index (χ0n) is 17.7. The van der Waals surface area contributed by atoms with Crippen molar-refractivity contribution in [2.24, 2.45) is 0 Å². The van der Waals surface area contributed by atoms with Crippen LogP contribution in [0.4, 0.5) is 0 Å². The summed E-state index contributed by atoms with van der Waals surface area (Å²) in [4.78, 5) is 28.2. The Morgan fingerprint density at radius 2 is 1.72 bits per heavy atom. The molecule has 0 spiro atoms. The van der Waals surface area contributed by atoms with E-state index >= 15 is 0 Å². The number of aromatic nitrogens is 5. The Morgan fingerprint density at radius 3 is 2.41 bits per heavy atom. The van der Waals surface area contributed by atoms with E-state index in [-0.39, 0.29) is 18.0 Å². The first-order chi connectivity index (χ1) is 15.5. The minimum Gasteiger partial charge on any atom is -0.341 e. The molecule has 5 rings (SSSR count). The Labute approximate surface area is 189 Å². The van der Waals surface area contributed by atoms with E-state index in [0.29, 0.717) is 27.4 Å². The lowest BCUT2D eigenvalue weighted by atomic mass is 10.1. The fraction of sp³-hybridized carbons (Fsp3) is 0.304. The van der Waals surface area contributed by atoms with E-state index < -0.39 is 0 Å². The molecule has 0 aliphatic carbocycles. The van der Waals surface area contributed by atoms with E-state index in [0.717, 1.165) is 38.0 Å². The summed E-state index contributed by atoms with van der Waals surface area (Å²) in [6.45, 7) is 3.20. The van der Waals surface area contributed by atoms with Gasteiger partial charge in [0.15, 0.2) is 5.82 Å². The van der Waals surface area contributed by atoms with E-state index in [9.17, 15) is 9.59 Å². The van der Waals surface area contributed by atoms with Crippen LogP contribution >= 0.6 is 11.6 Å². The quantitative estimate of drug-likeness (QED) is 0.477. The van der Waals surface area contributed by atoms with Gasteiger partial charge >= 0.3 is 0 Å². The molecule has 0 unspecified atom stereocenters. The summed E-state index contributed by atoms with van der Waals surface area (Å²) >= 11 is 6.07. The number of aryl methyl sites for hydroxylation is 1. The van der Waals surface area contributed by atoms with Crippen LogP contribution in [0.25, 0.3) is 22.4 Å². The first-order valence-electron chi connectivity index (χ1n) is 10.7. The highest BCUT2D eigenvalue weighted by Crippen LogP contribution is 2.25. The molecule has 1 aromatic carbocycles. The number of amides is 1. The topological polar surface area (TPSA) is 78.0 Å². The number of benzene rings is 1. The second-order valence-electron chi connectivity index (χ2n) is 8.02. The van der Waals surface area contributed by atoms with E-state index in [1.165, 1.54) is 4.68 Å². The van der Waals surface area contributed by atoms with Crippen LogP contribution in [0.1, 0.15) is 25.0 Å². The number of carbonyl (C=O) groups excluding carboxylic acids is 1. The molecule has 0 saturated carbocycles. The zero-order valence-corrected chi connectivity index (χ0v) is 18.5. The largest absolute Gasteiger partial charge is 0.341 e. The molecule has 0 radical (unpaired) electrons. The van der Waals surface area contributed by atoms with Crippen molar-refractivity contribution >= 4 is 28.4 Å². The van der Waals surface area contributed by atoms with Crippen molar-refractivity contribution in [2.45, 2.75) is 32.7 Å². The zero-order chi connectivity index (χ0) is 22.2. The molecule has 1 aliphatic heterocycles. The molecule has 0 bridgehead atoms. The predicted octanol–water partition coefficient (Wildman–Crippen LogP) is 3.35. The van der Waals surface area contributed by atoms with E-state index in [4.69, 9.17) is 16.7 Å². The average molecular weight is 451 g/mol. The van der Waals surface area contributed by atoms with Gasteiger partial charge < -0.3 is 9.47 Å². The Hall–Kier alpha value is -3.39. The van der Waals surface area contributed by atoms with Crippen LogP contribution in [0, 0.1) is 6.92 Å². The minimum absolute atomic E-state index is 0.0765. The number of likely N-dealkylation sites (tertiary alicyclic amines) is 1. The number of rotatable bonds is 4. The third kappa shape index (κ3) is 3.60. The number of halogens is 1. The second kappa shape index (κ2) is 8.27. The third-order valence-electron chi connectivity index (χ3n) is 5.84. The van der Waals surface area contributed by atoms with Crippen molar-refractivity contribution in [3.8, 4) is 11.5 Å². The molecule has 0 atom stereocenters. The normalized spacial score (nSPS) is 14.2. The maximum atomic E-state index is 13.6. The van der Waals surface area contributed by atoms with Crippen LogP contribution in [-0.4, -0.2) is 48.0 Å². The molecule has 1 amide bonds. The van der Waals surface area contributed by atoms with Crippen LogP contribution in [-0.2, 0) is 11.3 Å². The lowest BCUT2D eigenvalue weighted by Crippen LogP contribution is -2.40. The summed E-state index contributed by atoms with van der Waals surface area (Å²) in [5, 5.41) is 10.2. The Balaban J connectivity index is 1.67. The summed E-state index contributed by atoms with van der Waals surface area (Å²) in [7, 11) is 0. The number of hydrogen-bond donors (Lipinski definition) is 0. The molecular formula is C23H23ClN6O2. The summed E-state index contributed by atoms with van der Waals surface area (Å²) in [6, 6.07) is 11.0. The smallest absolute Gasteiger partial charge is 0.280 e. The number of nitrogens with zero attached hydrogens (tertiary/aromatic N) is 6. The summed E-state index contributed by atoms with van der Waals surface area (Å²) < 4.78 is 4.84. The van der Waals surface area contributed by atoms with Crippen molar-refractivity contribution in [3.05, 3.63) is 69.9 Å². The molecule has 1 fully saturated rings. The van der Waals surface area contributed by atoms with Gasteiger partial charge in [0.25, 0.3) is 5.56 Å². The molecule has 1 aliphatic rings. The highest BCUT2D eigenvalue weighted by molar-refractivity contribution is 6.30. The monoisotopic (exact) mass is 450 g/mol. The lowest BCUT2D eigenvalue weighted by Gasteiger charge is -2.26. The molecule has 32 heavy (non-hydrogen) atoms. The molecule has 164 valence electrons. The van der Waals surface area contributed by atoms with Crippen LogP contribution in [0.2, 0.25) is 5.02 Å². The van der Waals surface area contributed by atoms with E-state index in [2.05, 4.69) is 5.10 Å². The standard InChI is InChI=1S/C23H23ClN6O2/c1-16-21-20(23(32)29(25-16)15-19(31)27-11-3-2-4-12-27)22(28-13-5-6-14-28)30(26-21)18-9-7-17(24)8-10-18/h5-10,13-14H,2-4,11-12,15H2,1H3. The van der Waals surface area contributed by atoms with Gasteiger partial charge in [-0.3, -0.25) is 9.59 Å². The number of carbonyl (C=O) groups is 1. The minimum atomic E-state index is -0.333. The maximum absolute atomic E-state index is 13.6. The van der Waals surface area contributed by atoms with Gasteiger partial charge in [0.2, 0.25) is 5.91 Å². The summed E-state index contributed by atoms with van der Waals surface area (Å²) in [5.41, 5.74) is 1.53. The van der Waals surface area contributed by atoms with Gasteiger partial charge in [0, 0.05) is 30.5 Å². The molecular weight excluding hydrogens is 428 g/mol. The van der Waals surface area contributed by atoms with Crippen LogP contribution in [0.5, 0.6) is 0 Å². The third-order valence-corrected chi connectivity index (χ3v) is 6.09. The second-order valence-corrected chi connectivity index (χ2v) is 8.45. The molecule has 3 aromatic heterocycles. The van der Waals surface area contributed by atoms with Gasteiger partial charge in [-0.25, -0.2) is 9.36 Å². The molecule has 4 heterocycles. The Morgan fingerprint density at radius 1 is 1.03 bits per heavy atom. The van der Waals surface area contributed by atoms with Crippen LogP contribution in [0.15, 0.2) is 53.6 Å². The molecule has 0 N–H and O–H groups in total. The first-order valence-corrected chi connectivity index (χ1v) is 11.1. The van der Waals surface area contributed by atoms with Gasteiger partial charge in [0.05, 0.1) is 11.4 Å². The average Bonchev–Trinajstić information content (AvgIpc) is 3.46. The summed E-state index contributed by atoms with van der Waals surface area (Å²) in [6.07, 6.45) is 6.86. The van der Waals surface area contributed by atoms with Gasteiger partial charge in [-0.05, 0) is 62.6 Å². The summed E-state index contributed by atoms with van der Waals surface area (Å²) in [5.74, 6) is 0.521. The Kier molecular flexibility index (Phi) is 5.30. The van der Waals surface area contributed by atoms with Crippen molar-refractivity contribution in [1.82, 2.24) is 29.0 Å². The van der Waals surface area contributed by atoms with Crippen molar-refractivity contribution in [3.63, 3.8) is 0 Å². The highest BCUT2D eigenvalue weighted by Gasteiger charge is 2.24. The van der Waals surface area contributed by atoms with Gasteiger partial charge in [-0.2, -0.15) is 10.2 Å². The first kappa shape index (κ1) is 20.5. The number of fused-ring (bicyclic) bond motifs is 1. The van der Waals surface area contributed by atoms with Crippen molar-refractivity contribution in [1.29, 1.82) is 0 Å². The van der Waals surface area contributed by atoms with Gasteiger partial charge in [-0.15, -0.1) is 0 Å². The van der Waals surface area contributed by atoms with Gasteiger partial charge in [0.1, 0.15) is 17.4 Å². The SMILES string of the molecule is Cc1nn(CC(=O)N2CCCCC2)c(=O)c2c(-n3cccc3)n(-c3ccc(Cl)cc3)nc12. The molecule has 1 saturated heterocycles.